The predicted molar refractivity (Wildman–Crippen MR) is 99.7 cm³/mol. The Kier molecular flexibility index (Phi) is 3.92. The molecular formula is C19H17N3OS. The van der Waals surface area contributed by atoms with E-state index in [1.807, 2.05) is 42.6 Å². The highest BCUT2D eigenvalue weighted by molar-refractivity contribution is 7.14. The SMILES string of the molecule is COc1ccc2[nH]cc(-c3csc(NCc4ccccc4)n3)c2c1. The van der Waals surface area contributed by atoms with Crippen LogP contribution in [0.3, 0.4) is 0 Å². The quantitative estimate of drug-likeness (QED) is 0.545. The molecule has 0 fully saturated rings. The molecule has 0 aliphatic rings. The van der Waals surface area contributed by atoms with E-state index in [9.17, 15) is 0 Å². The van der Waals surface area contributed by atoms with Crippen LogP contribution in [0.5, 0.6) is 5.75 Å². The van der Waals surface area contributed by atoms with Gasteiger partial charge < -0.3 is 15.0 Å². The Morgan fingerprint density at radius 2 is 2.04 bits per heavy atom. The molecule has 2 aromatic heterocycles. The maximum absolute atomic E-state index is 5.33. The van der Waals surface area contributed by atoms with E-state index in [2.05, 4.69) is 27.8 Å². The lowest BCUT2D eigenvalue weighted by Crippen LogP contribution is -1.98. The van der Waals surface area contributed by atoms with E-state index in [0.717, 1.165) is 39.6 Å². The van der Waals surface area contributed by atoms with Gasteiger partial charge in [-0.05, 0) is 23.8 Å². The highest BCUT2D eigenvalue weighted by Crippen LogP contribution is 2.33. The number of rotatable bonds is 5. The van der Waals surface area contributed by atoms with Crippen molar-refractivity contribution in [3.63, 3.8) is 0 Å². The van der Waals surface area contributed by atoms with E-state index in [0.29, 0.717) is 0 Å². The van der Waals surface area contributed by atoms with Crippen molar-refractivity contribution in [3.05, 3.63) is 65.7 Å². The van der Waals surface area contributed by atoms with Gasteiger partial charge in [-0.15, -0.1) is 11.3 Å². The number of anilines is 1. The topological polar surface area (TPSA) is 49.9 Å². The fraction of sp³-hybridized carbons (Fsp3) is 0.105. The second kappa shape index (κ2) is 6.37. The standard InChI is InChI=1S/C19H17N3OS/c1-23-14-7-8-17-15(9-14)16(11-20-17)18-12-24-19(22-18)21-10-13-5-3-2-4-6-13/h2-9,11-12,20H,10H2,1H3,(H,21,22). The number of fused-ring (bicyclic) bond motifs is 1. The van der Waals surface area contributed by atoms with Crippen molar-refractivity contribution in [3.8, 4) is 17.0 Å². The van der Waals surface area contributed by atoms with Gasteiger partial charge in [0.25, 0.3) is 0 Å². The van der Waals surface area contributed by atoms with Crippen molar-refractivity contribution in [2.75, 3.05) is 12.4 Å². The van der Waals surface area contributed by atoms with Crippen molar-refractivity contribution in [1.29, 1.82) is 0 Å². The molecule has 4 aromatic rings. The third kappa shape index (κ3) is 2.86. The first kappa shape index (κ1) is 14.8. The van der Waals surface area contributed by atoms with Crippen molar-refractivity contribution < 1.29 is 4.74 Å². The molecule has 0 aliphatic carbocycles. The molecule has 0 radical (unpaired) electrons. The summed E-state index contributed by atoms with van der Waals surface area (Å²) in [6, 6.07) is 16.3. The highest BCUT2D eigenvalue weighted by Gasteiger charge is 2.11. The van der Waals surface area contributed by atoms with Crippen LogP contribution in [0.2, 0.25) is 0 Å². The molecule has 120 valence electrons. The average Bonchev–Trinajstić information content (AvgIpc) is 3.26. The fourth-order valence-electron chi connectivity index (χ4n) is 2.69. The van der Waals surface area contributed by atoms with Gasteiger partial charge in [-0.2, -0.15) is 0 Å². The number of H-pyrrole nitrogens is 1. The van der Waals surface area contributed by atoms with Crippen LogP contribution < -0.4 is 10.1 Å². The molecule has 2 N–H and O–H groups in total. The third-order valence-electron chi connectivity index (χ3n) is 3.96. The third-order valence-corrected chi connectivity index (χ3v) is 4.76. The molecular weight excluding hydrogens is 318 g/mol. The molecule has 4 rings (SSSR count). The molecule has 0 aliphatic heterocycles. The molecule has 0 spiro atoms. The number of nitrogens with zero attached hydrogens (tertiary/aromatic N) is 1. The number of ether oxygens (including phenoxy) is 1. The number of nitrogens with one attached hydrogen (secondary N) is 2. The van der Waals surface area contributed by atoms with Crippen molar-refractivity contribution in [2.24, 2.45) is 0 Å². The summed E-state index contributed by atoms with van der Waals surface area (Å²) in [7, 11) is 1.68. The van der Waals surface area contributed by atoms with Gasteiger partial charge in [0.2, 0.25) is 0 Å². The summed E-state index contributed by atoms with van der Waals surface area (Å²) >= 11 is 1.62. The summed E-state index contributed by atoms with van der Waals surface area (Å²) in [4.78, 5) is 8.01. The van der Waals surface area contributed by atoms with E-state index in [4.69, 9.17) is 9.72 Å². The maximum atomic E-state index is 5.33. The minimum atomic E-state index is 0.773. The van der Waals surface area contributed by atoms with Crippen LogP contribution >= 0.6 is 11.3 Å². The number of benzene rings is 2. The van der Waals surface area contributed by atoms with Gasteiger partial charge in [0.05, 0.1) is 12.8 Å². The van der Waals surface area contributed by atoms with Gasteiger partial charge in [-0.1, -0.05) is 30.3 Å². The van der Waals surface area contributed by atoms with Crippen LogP contribution in [0.1, 0.15) is 5.56 Å². The molecule has 2 aromatic carbocycles. The number of hydrogen-bond acceptors (Lipinski definition) is 4. The van der Waals surface area contributed by atoms with E-state index >= 15 is 0 Å². The van der Waals surface area contributed by atoms with Gasteiger partial charge in [-0.3, -0.25) is 0 Å². The molecule has 0 atom stereocenters. The summed E-state index contributed by atoms with van der Waals surface area (Å²) in [5.74, 6) is 0.848. The molecule has 0 unspecified atom stereocenters. The van der Waals surface area contributed by atoms with E-state index in [-0.39, 0.29) is 0 Å². The van der Waals surface area contributed by atoms with Gasteiger partial charge >= 0.3 is 0 Å². The molecule has 24 heavy (non-hydrogen) atoms. The van der Waals surface area contributed by atoms with Crippen LogP contribution in [0, 0.1) is 0 Å². The van der Waals surface area contributed by atoms with Crippen LogP contribution in [0.25, 0.3) is 22.2 Å². The monoisotopic (exact) mass is 335 g/mol. The molecule has 0 amide bonds. The molecule has 0 saturated heterocycles. The van der Waals surface area contributed by atoms with Crippen LogP contribution in [0.15, 0.2) is 60.1 Å². The molecule has 0 saturated carbocycles. The first-order valence-electron chi connectivity index (χ1n) is 7.72. The lowest BCUT2D eigenvalue weighted by Gasteiger charge is -2.02. The Balaban J connectivity index is 1.58. The summed E-state index contributed by atoms with van der Waals surface area (Å²) in [5.41, 5.74) is 4.38. The Hall–Kier alpha value is -2.79. The van der Waals surface area contributed by atoms with Crippen molar-refractivity contribution >= 4 is 27.4 Å². The Morgan fingerprint density at radius 3 is 2.88 bits per heavy atom. The van der Waals surface area contributed by atoms with Crippen LogP contribution in [0.4, 0.5) is 5.13 Å². The lowest BCUT2D eigenvalue weighted by molar-refractivity contribution is 0.415. The van der Waals surface area contributed by atoms with Gasteiger partial charge in [0.1, 0.15) is 5.75 Å². The second-order valence-corrected chi connectivity index (χ2v) is 6.35. The zero-order valence-corrected chi connectivity index (χ0v) is 14.1. The van der Waals surface area contributed by atoms with Gasteiger partial charge in [0, 0.05) is 34.6 Å². The molecule has 5 heteroatoms. The number of hydrogen-bond donors (Lipinski definition) is 2. The number of aromatic nitrogens is 2. The second-order valence-electron chi connectivity index (χ2n) is 5.49. The minimum Gasteiger partial charge on any atom is -0.497 e. The zero-order valence-electron chi connectivity index (χ0n) is 13.2. The van der Waals surface area contributed by atoms with Crippen LogP contribution in [-0.2, 0) is 6.54 Å². The number of methoxy groups -OCH3 is 1. The fourth-order valence-corrected chi connectivity index (χ4v) is 3.40. The smallest absolute Gasteiger partial charge is 0.183 e. The maximum Gasteiger partial charge on any atom is 0.183 e. The van der Waals surface area contributed by atoms with Crippen molar-refractivity contribution in [1.82, 2.24) is 9.97 Å². The average molecular weight is 335 g/mol. The normalized spacial score (nSPS) is 10.9. The van der Waals surface area contributed by atoms with Gasteiger partial charge in [-0.25, -0.2) is 4.98 Å². The first-order chi connectivity index (χ1) is 11.8. The van der Waals surface area contributed by atoms with E-state index < -0.39 is 0 Å². The summed E-state index contributed by atoms with van der Waals surface area (Å²) in [5, 5.41) is 7.51. The van der Waals surface area contributed by atoms with E-state index in [1.165, 1.54) is 5.56 Å². The van der Waals surface area contributed by atoms with Gasteiger partial charge in [0.15, 0.2) is 5.13 Å². The summed E-state index contributed by atoms with van der Waals surface area (Å²) < 4.78 is 5.33. The lowest BCUT2D eigenvalue weighted by atomic mass is 10.1. The summed E-state index contributed by atoms with van der Waals surface area (Å²) in [6.07, 6.45) is 2.00. The van der Waals surface area contributed by atoms with Crippen molar-refractivity contribution in [2.45, 2.75) is 6.54 Å². The highest BCUT2D eigenvalue weighted by atomic mass is 32.1. The first-order valence-corrected chi connectivity index (χ1v) is 8.60. The minimum absolute atomic E-state index is 0.773. The molecule has 4 nitrogen and oxygen atoms in total. The van der Waals surface area contributed by atoms with E-state index in [1.54, 1.807) is 18.4 Å². The zero-order chi connectivity index (χ0) is 16.4. The largest absolute Gasteiger partial charge is 0.497 e. The predicted octanol–water partition coefficient (Wildman–Crippen LogP) is 4.91. The van der Waals surface area contributed by atoms with Crippen LogP contribution in [-0.4, -0.2) is 17.1 Å². The molecule has 2 heterocycles. The Morgan fingerprint density at radius 1 is 1.17 bits per heavy atom. The Bertz CT molecular complexity index is 959. The summed E-state index contributed by atoms with van der Waals surface area (Å²) in [6.45, 7) is 0.773. The number of thiazole rings is 1. The Labute approximate surface area is 144 Å². The number of aromatic amines is 1. The molecule has 0 bridgehead atoms.